The molecule has 3 heterocycles. The fourth-order valence-electron chi connectivity index (χ4n) is 3.44. The van der Waals surface area contributed by atoms with Gasteiger partial charge in [0.15, 0.2) is 0 Å². The van der Waals surface area contributed by atoms with Gasteiger partial charge in [0, 0.05) is 25.6 Å². The molecule has 4 heteroatoms. The van der Waals surface area contributed by atoms with Crippen LogP contribution in [0.4, 0.5) is 0 Å². The molecule has 1 saturated heterocycles. The first kappa shape index (κ1) is 10.6. The van der Waals surface area contributed by atoms with Crippen LogP contribution >= 0.6 is 0 Å². The number of fused-ring (bicyclic) bond motifs is 4. The molecule has 2 aliphatic heterocycles. The summed E-state index contributed by atoms with van der Waals surface area (Å²) >= 11 is 0. The van der Waals surface area contributed by atoms with Crippen LogP contribution in [0.5, 0.6) is 0 Å². The van der Waals surface area contributed by atoms with Crippen molar-refractivity contribution in [3.63, 3.8) is 0 Å². The molecule has 2 aliphatic rings. The Morgan fingerprint density at radius 3 is 3.17 bits per heavy atom. The van der Waals surface area contributed by atoms with E-state index in [9.17, 15) is 0 Å². The standard InChI is InChI=1S/C14H16BN3/c15-10-3-4-13-12(8-10)16-14-5-7-17-6-1-2-11(17)9-18(13)14/h3-4,8,11H,1-2,5-7,9H2. The van der Waals surface area contributed by atoms with Crippen molar-refractivity contribution in [3.05, 3.63) is 24.0 Å². The topological polar surface area (TPSA) is 21.1 Å². The highest BCUT2D eigenvalue weighted by molar-refractivity contribution is 6.33. The summed E-state index contributed by atoms with van der Waals surface area (Å²) in [6.45, 7) is 3.51. The molecule has 2 aromatic rings. The number of benzene rings is 1. The molecule has 0 aliphatic carbocycles. The van der Waals surface area contributed by atoms with Crippen molar-refractivity contribution < 1.29 is 0 Å². The molecule has 18 heavy (non-hydrogen) atoms. The number of rotatable bonds is 0. The van der Waals surface area contributed by atoms with E-state index in [1.54, 1.807) is 0 Å². The van der Waals surface area contributed by atoms with Gasteiger partial charge in [-0.2, -0.15) is 0 Å². The fourth-order valence-corrected chi connectivity index (χ4v) is 3.44. The first-order chi connectivity index (χ1) is 8.81. The average molecular weight is 237 g/mol. The first-order valence-corrected chi connectivity index (χ1v) is 6.80. The van der Waals surface area contributed by atoms with Gasteiger partial charge < -0.3 is 4.57 Å². The number of nitrogens with zero attached hydrogens (tertiary/aromatic N) is 3. The maximum atomic E-state index is 5.84. The lowest BCUT2D eigenvalue weighted by molar-refractivity contribution is 0.252. The second kappa shape index (κ2) is 3.85. The Kier molecular flexibility index (Phi) is 2.27. The van der Waals surface area contributed by atoms with Gasteiger partial charge in [-0.1, -0.05) is 11.5 Å². The zero-order valence-corrected chi connectivity index (χ0v) is 10.5. The number of hydrogen-bond donors (Lipinski definition) is 0. The lowest BCUT2D eigenvalue weighted by Crippen LogP contribution is -2.31. The maximum absolute atomic E-state index is 5.84. The Hall–Kier alpha value is -1.29. The van der Waals surface area contributed by atoms with E-state index in [0.29, 0.717) is 6.04 Å². The predicted octanol–water partition coefficient (Wildman–Crippen LogP) is 0.851. The number of imidazole rings is 1. The molecule has 0 bridgehead atoms. The van der Waals surface area contributed by atoms with Crippen LogP contribution in [0.25, 0.3) is 11.0 Å². The van der Waals surface area contributed by atoms with E-state index in [0.717, 1.165) is 30.5 Å². The Labute approximate surface area is 108 Å². The monoisotopic (exact) mass is 237 g/mol. The summed E-state index contributed by atoms with van der Waals surface area (Å²) in [4.78, 5) is 7.38. The zero-order valence-electron chi connectivity index (χ0n) is 10.5. The van der Waals surface area contributed by atoms with Crippen LogP contribution < -0.4 is 5.46 Å². The van der Waals surface area contributed by atoms with Gasteiger partial charge in [0.1, 0.15) is 13.7 Å². The van der Waals surface area contributed by atoms with Gasteiger partial charge in [-0.25, -0.2) is 4.98 Å². The van der Waals surface area contributed by atoms with Gasteiger partial charge in [0.25, 0.3) is 0 Å². The third-order valence-electron chi connectivity index (χ3n) is 4.37. The third kappa shape index (κ3) is 1.52. The van der Waals surface area contributed by atoms with Gasteiger partial charge in [-0.15, -0.1) is 0 Å². The van der Waals surface area contributed by atoms with Crippen LogP contribution in [0.1, 0.15) is 18.7 Å². The van der Waals surface area contributed by atoms with E-state index in [1.165, 1.54) is 30.7 Å². The van der Waals surface area contributed by atoms with Crippen molar-refractivity contribution in [2.45, 2.75) is 31.8 Å². The fraction of sp³-hybridized carbons (Fsp3) is 0.500. The lowest BCUT2D eigenvalue weighted by atomic mass is 9.96. The van der Waals surface area contributed by atoms with Crippen molar-refractivity contribution in [1.29, 1.82) is 0 Å². The van der Waals surface area contributed by atoms with Gasteiger partial charge in [0.05, 0.1) is 11.0 Å². The van der Waals surface area contributed by atoms with Crippen LogP contribution in [-0.2, 0) is 13.0 Å². The second-order valence-electron chi connectivity index (χ2n) is 5.47. The Morgan fingerprint density at radius 2 is 2.22 bits per heavy atom. The van der Waals surface area contributed by atoms with E-state index in [1.807, 2.05) is 12.1 Å². The summed E-state index contributed by atoms with van der Waals surface area (Å²) in [5, 5.41) is 0. The average Bonchev–Trinajstić information content (AvgIpc) is 2.89. The molecule has 1 aromatic carbocycles. The summed E-state index contributed by atoms with van der Waals surface area (Å²) in [6, 6.07) is 6.80. The van der Waals surface area contributed by atoms with Crippen LogP contribution in [0.3, 0.4) is 0 Å². The van der Waals surface area contributed by atoms with Gasteiger partial charge in [-0.3, -0.25) is 4.90 Å². The third-order valence-corrected chi connectivity index (χ3v) is 4.37. The van der Waals surface area contributed by atoms with E-state index < -0.39 is 0 Å². The minimum Gasteiger partial charge on any atom is -0.326 e. The largest absolute Gasteiger partial charge is 0.326 e. The lowest BCUT2D eigenvalue weighted by Gasteiger charge is -2.21. The molecular weight excluding hydrogens is 221 g/mol. The Balaban J connectivity index is 1.84. The van der Waals surface area contributed by atoms with Crippen molar-refractivity contribution in [2.75, 3.05) is 13.1 Å². The minimum absolute atomic E-state index is 0.709. The molecule has 4 rings (SSSR count). The SMILES string of the molecule is [B]c1ccc2c(c1)nc1n2CC2CCCN2CC1. The Morgan fingerprint density at radius 1 is 1.28 bits per heavy atom. The van der Waals surface area contributed by atoms with Crippen LogP contribution in [0.2, 0.25) is 0 Å². The summed E-state index contributed by atoms with van der Waals surface area (Å²) in [5.74, 6) is 1.23. The molecule has 90 valence electrons. The second-order valence-corrected chi connectivity index (χ2v) is 5.47. The number of hydrogen-bond acceptors (Lipinski definition) is 2. The molecular formula is C14H16BN3. The molecule has 0 amide bonds. The summed E-state index contributed by atoms with van der Waals surface area (Å²) in [7, 11) is 5.84. The summed E-state index contributed by atoms with van der Waals surface area (Å²) < 4.78 is 2.41. The molecule has 2 radical (unpaired) electrons. The Bertz CT molecular complexity index is 604. The van der Waals surface area contributed by atoms with Crippen LogP contribution in [0, 0.1) is 0 Å². The quantitative estimate of drug-likeness (QED) is 0.633. The molecule has 0 saturated carbocycles. The molecule has 0 spiro atoms. The first-order valence-electron chi connectivity index (χ1n) is 6.80. The summed E-state index contributed by atoms with van der Waals surface area (Å²) in [6.07, 6.45) is 3.73. The highest BCUT2D eigenvalue weighted by Crippen LogP contribution is 2.26. The molecule has 1 aromatic heterocycles. The molecule has 1 fully saturated rings. The van der Waals surface area contributed by atoms with Crippen molar-refractivity contribution in [1.82, 2.24) is 14.5 Å². The van der Waals surface area contributed by atoms with Crippen molar-refractivity contribution in [2.24, 2.45) is 0 Å². The molecule has 3 nitrogen and oxygen atoms in total. The van der Waals surface area contributed by atoms with E-state index >= 15 is 0 Å². The molecule has 1 unspecified atom stereocenters. The maximum Gasteiger partial charge on any atom is 0.113 e. The van der Waals surface area contributed by atoms with Gasteiger partial charge in [0.2, 0.25) is 0 Å². The van der Waals surface area contributed by atoms with Crippen molar-refractivity contribution >= 4 is 24.3 Å². The highest BCUT2D eigenvalue weighted by atomic mass is 15.2. The van der Waals surface area contributed by atoms with Crippen LogP contribution in [-0.4, -0.2) is 41.4 Å². The van der Waals surface area contributed by atoms with E-state index in [2.05, 4.69) is 15.5 Å². The normalized spacial score (nSPS) is 23.9. The van der Waals surface area contributed by atoms with Crippen LogP contribution in [0.15, 0.2) is 18.2 Å². The molecule has 1 atom stereocenters. The zero-order chi connectivity index (χ0) is 12.1. The van der Waals surface area contributed by atoms with Gasteiger partial charge in [-0.05, 0) is 31.5 Å². The minimum atomic E-state index is 0.709. The highest BCUT2D eigenvalue weighted by Gasteiger charge is 2.29. The smallest absolute Gasteiger partial charge is 0.113 e. The van der Waals surface area contributed by atoms with E-state index in [4.69, 9.17) is 12.8 Å². The molecule has 0 N–H and O–H groups in total. The van der Waals surface area contributed by atoms with Crippen molar-refractivity contribution in [3.8, 4) is 0 Å². The van der Waals surface area contributed by atoms with E-state index in [-0.39, 0.29) is 0 Å². The summed E-state index contributed by atoms with van der Waals surface area (Å²) in [5.41, 5.74) is 3.10. The predicted molar refractivity (Wildman–Crippen MR) is 73.4 cm³/mol. The number of aromatic nitrogens is 2. The van der Waals surface area contributed by atoms with Gasteiger partial charge >= 0.3 is 0 Å².